The van der Waals surface area contributed by atoms with Crippen molar-refractivity contribution in [2.45, 2.75) is 11.8 Å². The summed E-state index contributed by atoms with van der Waals surface area (Å²) in [5, 5.41) is 14.1. The third-order valence-corrected chi connectivity index (χ3v) is 5.88. The van der Waals surface area contributed by atoms with Gasteiger partial charge in [0.25, 0.3) is 5.91 Å². The number of sulfone groups is 1. The molecule has 0 fully saturated rings. The van der Waals surface area contributed by atoms with Crippen LogP contribution in [-0.2, 0) is 20.4 Å². The van der Waals surface area contributed by atoms with E-state index in [0.29, 0.717) is 16.5 Å². The fourth-order valence-corrected chi connectivity index (χ4v) is 4.46. The van der Waals surface area contributed by atoms with Crippen molar-refractivity contribution in [3.8, 4) is 6.07 Å². The number of furan rings is 1. The predicted octanol–water partition coefficient (Wildman–Crippen LogP) is 1.79. The Bertz CT molecular complexity index is 1160. The van der Waals surface area contributed by atoms with Crippen LogP contribution in [0.15, 0.2) is 65.1 Å². The molecule has 0 spiro atoms. The minimum Gasteiger partial charge on any atom is -0.451 e. The molecule has 3 rings (SSSR count). The van der Waals surface area contributed by atoms with Crippen LogP contribution in [0.1, 0.15) is 16.1 Å². The number of rotatable bonds is 8. The molecule has 1 aromatic heterocycles. The molecule has 8 nitrogen and oxygen atoms in total. The van der Waals surface area contributed by atoms with Crippen molar-refractivity contribution >= 4 is 32.6 Å². The number of carbonyl (C=O) groups is 2. The van der Waals surface area contributed by atoms with Gasteiger partial charge in [-0.15, -0.1) is 0 Å². The van der Waals surface area contributed by atoms with Gasteiger partial charge >= 0.3 is 0 Å². The molecular formula is C21H19N3O5S. The average molecular weight is 425 g/mol. The number of nitriles is 1. The Labute approximate surface area is 173 Å². The van der Waals surface area contributed by atoms with E-state index in [0.717, 1.165) is 0 Å². The number of fused-ring (bicyclic) bond motifs is 1. The minimum atomic E-state index is -3.75. The Morgan fingerprint density at radius 1 is 1.07 bits per heavy atom. The van der Waals surface area contributed by atoms with Crippen LogP contribution in [0.25, 0.3) is 11.0 Å². The van der Waals surface area contributed by atoms with Crippen LogP contribution in [0.5, 0.6) is 0 Å². The normalized spacial score (nSPS) is 12.1. The summed E-state index contributed by atoms with van der Waals surface area (Å²) in [4.78, 5) is 25.0. The van der Waals surface area contributed by atoms with Crippen LogP contribution >= 0.6 is 0 Å². The van der Waals surface area contributed by atoms with Gasteiger partial charge in [-0.2, -0.15) is 5.26 Å². The molecule has 2 amide bonds. The van der Waals surface area contributed by atoms with Gasteiger partial charge in [-0.05, 0) is 17.7 Å². The Morgan fingerprint density at radius 3 is 2.47 bits per heavy atom. The molecule has 154 valence electrons. The first-order chi connectivity index (χ1) is 14.4. The van der Waals surface area contributed by atoms with Crippen molar-refractivity contribution in [2.24, 2.45) is 0 Å². The van der Waals surface area contributed by atoms with Gasteiger partial charge in [0.15, 0.2) is 15.6 Å². The number of nitrogens with one attached hydrogen (secondary N) is 2. The molecule has 2 aromatic carbocycles. The summed E-state index contributed by atoms with van der Waals surface area (Å²) < 4.78 is 30.7. The van der Waals surface area contributed by atoms with Gasteiger partial charge in [-0.1, -0.05) is 48.5 Å². The Kier molecular flexibility index (Phi) is 6.49. The van der Waals surface area contributed by atoms with Crippen molar-refractivity contribution in [1.29, 1.82) is 5.26 Å². The number of benzene rings is 2. The number of hydrogen-bond donors (Lipinski definition) is 2. The Hall–Kier alpha value is -3.64. The van der Waals surface area contributed by atoms with Crippen molar-refractivity contribution in [3.63, 3.8) is 0 Å². The van der Waals surface area contributed by atoms with Gasteiger partial charge in [0, 0.05) is 5.39 Å². The van der Waals surface area contributed by atoms with Gasteiger partial charge in [0.05, 0.1) is 17.6 Å². The highest BCUT2D eigenvalue weighted by atomic mass is 32.2. The summed E-state index contributed by atoms with van der Waals surface area (Å²) in [6.45, 7) is -0.311. The maximum atomic E-state index is 12.6. The standard InChI is InChI=1S/C21H19N3O5S/c22-10-11-23-20(25)17(14-30(27,28)13-15-6-2-1-3-7-15)24-21(26)19-12-16-8-4-5-9-18(16)29-19/h1-9,12,17H,11,13-14H2,(H,23,25)(H,24,26)/t17-/m0/s1. The summed E-state index contributed by atoms with van der Waals surface area (Å²) in [7, 11) is -3.75. The summed E-state index contributed by atoms with van der Waals surface area (Å²) in [5.41, 5.74) is 1.06. The Morgan fingerprint density at radius 2 is 1.77 bits per heavy atom. The van der Waals surface area contributed by atoms with Crippen molar-refractivity contribution in [2.75, 3.05) is 12.3 Å². The molecule has 0 radical (unpaired) electrons. The molecular weight excluding hydrogens is 406 g/mol. The van der Waals surface area contributed by atoms with Crippen LogP contribution in [-0.4, -0.2) is 38.6 Å². The second-order valence-corrected chi connectivity index (χ2v) is 8.70. The molecule has 0 bridgehead atoms. The first-order valence-electron chi connectivity index (χ1n) is 9.06. The number of nitrogens with zero attached hydrogens (tertiary/aromatic N) is 1. The minimum absolute atomic E-state index is 0.0465. The van der Waals surface area contributed by atoms with E-state index in [2.05, 4.69) is 10.6 Å². The lowest BCUT2D eigenvalue weighted by atomic mass is 10.2. The smallest absolute Gasteiger partial charge is 0.287 e. The zero-order chi connectivity index (χ0) is 21.6. The fourth-order valence-electron chi connectivity index (χ4n) is 2.90. The number of amides is 2. The van der Waals surface area contributed by atoms with E-state index in [1.165, 1.54) is 6.07 Å². The van der Waals surface area contributed by atoms with Gasteiger partial charge in [0.2, 0.25) is 5.91 Å². The lowest BCUT2D eigenvalue weighted by molar-refractivity contribution is -0.122. The molecule has 1 heterocycles. The molecule has 0 saturated carbocycles. The van der Waals surface area contributed by atoms with Gasteiger partial charge in [-0.3, -0.25) is 9.59 Å². The third-order valence-electron chi connectivity index (χ3n) is 4.26. The van der Waals surface area contributed by atoms with Crippen LogP contribution in [0.4, 0.5) is 0 Å². The lowest BCUT2D eigenvalue weighted by Gasteiger charge is -2.17. The molecule has 1 atom stereocenters. The molecule has 0 unspecified atom stereocenters. The molecule has 0 aliphatic heterocycles. The summed E-state index contributed by atoms with van der Waals surface area (Å²) in [6, 6.07) is 17.4. The van der Waals surface area contributed by atoms with Crippen LogP contribution in [0.3, 0.4) is 0 Å². The summed E-state index contributed by atoms with van der Waals surface area (Å²) >= 11 is 0. The summed E-state index contributed by atoms with van der Waals surface area (Å²) in [6.07, 6.45) is 0. The van der Waals surface area contributed by atoms with E-state index < -0.39 is 33.4 Å². The summed E-state index contributed by atoms with van der Waals surface area (Å²) in [5.74, 6) is -2.44. The van der Waals surface area contributed by atoms with Crippen molar-refractivity contribution in [3.05, 3.63) is 72.0 Å². The Balaban J connectivity index is 1.78. The highest BCUT2D eigenvalue weighted by Gasteiger charge is 2.28. The highest BCUT2D eigenvalue weighted by Crippen LogP contribution is 2.19. The molecule has 30 heavy (non-hydrogen) atoms. The third kappa shape index (κ3) is 5.46. The number of hydrogen-bond acceptors (Lipinski definition) is 6. The number of carbonyl (C=O) groups excluding carboxylic acids is 2. The first-order valence-corrected chi connectivity index (χ1v) is 10.9. The zero-order valence-corrected chi connectivity index (χ0v) is 16.7. The molecule has 2 N–H and O–H groups in total. The maximum Gasteiger partial charge on any atom is 0.287 e. The van der Waals surface area contributed by atoms with E-state index in [-0.39, 0.29) is 18.1 Å². The predicted molar refractivity (Wildman–Crippen MR) is 110 cm³/mol. The molecule has 9 heteroatoms. The largest absolute Gasteiger partial charge is 0.451 e. The van der Waals surface area contributed by atoms with E-state index in [1.807, 2.05) is 0 Å². The van der Waals surface area contributed by atoms with E-state index in [9.17, 15) is 18.0 Å². The van der Waals surface area contributed by atoms with Crippen molar-refractivity contribution < 1.29 is 22.4 Å². The quantitative estimate of drug-likeness (QED) is 0.529. The fraction of sp³-hybridized carbons (Fsp3) is 0.190. The number of para-hydroxylation sites is 1. The lowest BCUT2D eigenvalue weighted by Crippen LogP contribution is -2.50. The highest BCUT2D eigenvalue weighted by molar-refractivity contribution is 7.90. The van der Waals surface area contributed by atoms with E-state index >= 15 is 0 Å². The van der Waals surface area contributed by atoms with Crippen LogP contribution < -0.4 is 10.6 Å². The van der Waals surface area contributed by atoms with Gasteiger partial charge in [0.1, 0.15) is 18.2 Å². The van der Waals surface area contributed by atoms with Gasteiger partial charge < -0.3 is 15.1 Å². The first kappa shape index (κ1) is 21.1. The molecule has 0 saturated heterocycles. The van der Waals surface area contributed by atoms with Crippen LogP contribution in [0.2, 0.25) is 0 Å². The zero-order valence-electron chi connectivity index (χ0n) is 15.9. The second-order valence-electron chi connectivity index (χ2n) is 6.59. The second kappa shape index (κ2) is 9.24. The van der Waals surface area contributed by atoms with Crippen LogP contribution in [0, 0.1) is 11.3 Å². The van der Waals surface area contributed by atoms with Gasteiger partial charge in [-0.25, -0.2) is 8.42 Å². The molecule has 3 aromatic rings. The van der Waals surface area contributed by atoms with Crippen molar-refractivity contribution in [1.82, 2.24) is 10.6 Å². The average Bonchev–Trinajstić information content (AvgIpc) is 3.16. The maximum absolute atomic E-state index is 12.6. The SMILES string of the molecule is N#CCNC(=O)[C@H](CS(=O)(=O)Cc1ccccc1)NC(=O)c1cc2ccccc2o1. The molecule has 0 aliphatic rings. The van der Waals surface area contributed by atoms with E-state index in [1.54, 1.807) is 60.7 Å². The molecule has 0 aliphatic carbocycles. The monoisotopic (exact) mass is 425 g/mol. The van der Waals surface area contributed by atoms with E-state index in [4.69, 9.17) is 9.68 Å². The topological polar surface area (TPSA) is 129 Å².